The summed E-state index contributed by atoms with van der Waals surface area (Å²) in [5.41, 5.74) is 2.96. The van der Waals surface area contributed by atoms with E-state index in [2.05, 4.69) is 9.97 Å². The van der Waals surface area contributed by atoms with Gasteiger partial charge in [0.05, 0.1) is 11.0 Å². The van der Waals surface area contributed by atoms with Crippen LogP contribution < -0.4 is 0 Å². The van der Waals surface area contributed by atoms with Crippen molar-refractivity contribution in [2.24, 2.45) is 0 Å². The molecule has 1 aromatic heterocycles. The van der Waals surface area contributed by atoms with Gasteiger partial charge < -0.3 is 10.1 Å². The fourth-order valence-electron chi connectivity index (χ4n) is 1.37. The molecular formula is C11H12N2O2S. The van der Waals surface area contributed by atoms with Crippen LogP contribution in [0.1, 0.15) is 12.5 Å². The zero-order valence-corrected chi connectivity index (χ0v) is 9.84. The van der Waals surface area contributed by atoms with Crippen LogP contribution >= 0.6 is 11.8 Å². The number of hydrogen-bond acceptors (Lipinski definition) is 3. The number of thioether (sulfide) groups is 1. The quantitative estimate of drug-likeness (QED) is 0.803. The maximum atomic E-state index is 10.7. The molecule has 5 heteroatoms. The van der Waals surface area contributed by atoms with Crippen molar-refractivity contribution >= 4 is 28.8 Å². The van der Waals surface area contributed by atoms with Crippen LogP contribution in [-0.2, 0) is 4.79 Å². The minimum atomic E-state index is -0.832. The Morgan fingerprint density at radius 2 is 2.31 bits per heavy atom. The summed E-state index contributed by atoms with van der Waals surface area (Å²) < 4.78 is 0. The molecule has 0 fully saturated rings. The van der Waals surface area contributed by atoms with E-state index in [9.17, 15) is 4.79 Å². The van der Waals surface area contributed by atoms with Crippen LogP contribution in [0.3, 0.4) is 0 Å². The van der Waals surface area contributed by atoms with Gasteiger partial charge in [-0.25, -0.2) is 4.98 Å². The van der Waals surface area contributed by atoms with Crippen molar-refractivity contribution in [3.63, 3.8) is 0 Å². The number of carboxylic acid groups (broad SMARTS) is 1. The first kappa shape index (κ1) is 11.0. The molecule has 2 N–H and O–H groups in total. The maximum Gasteiger partial charge on any atom is 0.316 e. The third-order valence-electron chi connectivity index (χ3n) is 2.25. The second kappa shape index (κ2) is 4.17. The lowest BCUT2D eigenvalue weighted by atomic mass is 10.2. The highest BCUT2D eigenvalue weighted by Gasteiger charge is 2.14. The van der Waals surface area contributed by atoms with Gasteiger partial charge in [-0.15, -0.1) is 0 Å². The van der Waals surface area contributed by atoms with Gasteiger partial charge in [-0.1, -0.05) is 17.8 Å². The van der Waals surface area contributed by atoms with E-state index in [4.69, 9.17) is 5.11 Å². The number of aliphatic carboxylic acids is 1. The predicted molar refractivity (Wildman–Crippen MR) is 63.8 cm³/mol. The van der Waals surface area contributed by atoms with Crippen LogP contribution in [0.2, 0.25) is 0 Å². The van der Waals surface area contributed by atoms with E-state index in [1.807, 2.05) is 25.1 Å². The average Bonchev–Trinajstić information content (AvgIpc) is 2.58. The van der Waals surface area contributed by atoms with Crippen LogP contribution in [0.15, 0.2) is 23.4 Å². The van der Waals surface area contributed by atoms with Crippen molar-refractivity contribution in [3.8, 4) is 0 Å². The van der Waals surface area contributed by atoms with Crippen LogP contribution in [0.4, 0.5) is 0 Å². The minimum absolute atomic E-state index is 0.498. The minimum Gasteiger partial charge on any atom is -0.480 e. The Kier molecular flexibility index (Phi) is 2.87. The van der Waals surface area contributed by atoms with Gasteiger partial charge in [0.15, 0.2) is 5.16 Å². The lowest BCUT2D eigenvalue weighted by Crippen LogP contribution is -2.11. The Balaban J connectivity index is 2.29. The number of imidazole rings is 1. The van der Waals surface area contributed by atoms with Crippen LogP contribution in [-0.4, -0.2) is 26.3 Å². The summed E-state index contributed by atoms with van der Waals surface area (Å²) >= 11 is 1.22. The van der Waals surface area contributed by atoms with E-state index in [0.717, 1.165) is 16.6 Å². The molecule has 0 radical (unpaired) electrons. The maximum absolute atomic E-state index is 10.7. The molecule has 0 amide bonds. The molecule has 0 bridgehead atoms. The standard InChI is InChI=1S/C11H12N2O2S/c1-6-3-4-8-9(5-6)13-11(12-8)16-7(2)10(14)15/h3-5,7H,1-2H3,(H,12,13)(H,14,15)/t7-/m1/s1. The number of H-pyrrole nitrogens is 1. The lowest BCUT2D eigenvalue weighted by molar-refractivity contribution is -0.136. The Morgan fingerprint density at radius 3 is 3.00 bits per heavy atom. The number of aromatic nitrogens is 2. The molecule has 1 aromatic carbocycles. The molecule has 0 aliphatic heterocycles. The van der Waals surface area contributed by atoms with Crippen molar-refractivity contribution < 1.29 is 9.90 Å². The van der Waals surface area contributed by atoms with Crippen molar-refractivity contribution in [1.82, 2.24) is 9.97 Å². The number of fused-ring (bicyclic) bond motifs is 1. The lowest BCUT2D eigenvalue weighted by Gasteiger charge is -2.00. The number of carbonyl (C=O) groups is 1. The first-order valence-electron chi connectivity index (χ1n) is 4.92. The normalized spacial score (nSPS) is 12.9. The molecule has 84 valence electrons. The summed E-state index contributed by atoms with van der Waals surface area (Å²) in [7, 11) is 0. The summed E-state index contributed by atoms with van der Waals surface area (Å²) in [4.78, 5) is 18.1. The van der Waals surface area contributed by atoms with Gasteiger partial charge in [-0.2, -0.15) is 0 Å². The Labute approximate surface area is 97.1 Å². The highest BCUT2D eigenvalue weighted by molar-refractivity contribution is 8.00. The summed E-state index contributed by atoms with van der Waals surface area (Å²) in [6.45, 7) is 3.65. The second-order valence-electron chi connectivity index (χ2n) is 3.66. The van der Waals surface area contributed by atoms with Crippen molar-refractivity contribution in [2.45, 2.75) is 24.3 Å². The summed E-state index contributed by atoms with van der Waals surface area (Å²) in [5.74, 6) is -0.832. The van der Waals surface area contributed by atoms with Gasteiger partial charge in [0, 0.05) is 0 Å². The topological polar surface area (TPSA) is 66.0 Å². The van der Waals surface area contributed by atoms with E-state index in [1.54, 1.807) is 6.92 Å². The fraction of sp³-hybridized carbons (Fsp3) is 0.273. The molecule has 0 unspecified atom stereocenters. The smallest absolute Gasteiger partial charge is 0.316 e. The highest BCUT2D eigenvalue weighted by Crippen LogP contribution is 2.23. The molecule has 1 heterocycles. The Morgan fingerprint density at radius 1 is 1.56 bits per heavy atom. The van der Waals surface area contributed by atoms with E-state index in [-0.39, 0.29) is 0 Å². The number of hydrogen-bond donors (Lipinski definition) is 2. The van der Waals surface area contributed by atoms with Gasteiger partial charge in [0.2, 0.25) is 0 Å². The molecule has 0 aliphatic carbocycles. The molecule has 0 saturated carbocycles. The SMILES string of the molecule is Cc1ccc2nc(S[C@H](C)C(=O)O)[nH]c2c1. The van der Waals surface area contributed by atoms with Crippen LogP contribution in [0.5, 0.6) is 0 Å². The molecule has 0 aliphatic rings. The number of carboxylic acids is 1. The molecule has 4 nitrogen and oxygen atoms in total. The van der Waals surface area contributed by atoms with E-state index in [1.165, 1.54) is 11.8 Å². The monoisotopic (exact) mass is 236 g/mol. The Hall–Kier alpha value is -1.49. The zero-order chi connectivity index (χ0) is 11.7. The first-order valence-corrected chi connectivity index (χ1v) is 5.80. The van der Waals surface area contributed by atoms with Crippen molar-refractivity contribution in [2.75, 3.05) is 0 Å². The van der Waals surface area contributed by atoms with Gasteiger partial charge >= 0.3 is 5.97 Å². The molecule has 2 aromatic rings. The van der Waals surface area contributed by atoms with E-state index >= 15 is 0 Å². The number of nitrogens with zero attached hydrogens (tertiary/aromatic N) is 1. The number of nitrogens with one attached hydrogen (secondary N) is 1. The Bertz CT molecular complexity index is 536. The van der Waals surface area contributed by atoms with E-state index in [0.29, 0.717) is 5.16 Å². The van der Waals surface area contributed by atoms with Crippen molar-refractivity contribution in [1.29, 1.82) is 0 Å². The third-order valence-corrected chi connectivity index (χ3v) is 3.22. The number of benzene rings is 1. The summed E-state index contributed by atoms with van der Waals surface area (Å²) in [6.07, 6.45) is 0. The van der Waals surface area contributed by atoms with Gasteiger partial charge in [0.25, 0.3) is 0 Å². The zero-order valence-electron chi connectivity index (χ0n) is 9.02. The molecule has 1 atom stereocenters. The molecule has 16 heavy (non-hydrogen) atoms. The third kappa shape index (κ3) is 2.19. The number of aromatic amines is 1. The van der Waals surface area contributed by atoms with E-state index < -0.39 is 11.2 Å². The second-order valence-corrected chi connectivity index (χ2v) is 4.99. The first-order chi connectivity index (χ1) is 7.56. The van der Waals surface area contributed by atoms with Crippen LogP contribution in [0, 0.1) is 6.92 Å². The molecule has 0 spiro atoms. The highest BCUT2D eigenvalue weighted by atomic mass is 32.2. The number of rotatable bonds is 3. The number of aryl methyl sites for hydroxylation is 1. The fourth-order valence-corrected chi connectivity index (χ4v) is 2.13. The van der Waals surface area contributed by atoms with Gasteiger partial charge in [-0.3, -0.25) is 4.79 Å². The summed E-state index contributed by atoms with van der Waals surface area (Å²) in [5, 5.41) is 8.95. The molecule has 2 rings (SSSR count). The van der Waals surface area contributed by atoms with Crippen molar-refractivity contribution in [3.05, 3.63) is 23.8 Å². The van der Waals surface area contributed by atoms with Crippen LogP contribution in [0.25, 0.3) is 11.0 Å². The molecule has 0 saturated heterocycles. The summed E-state index contributed by atoms with van der Waals surface area (Å²) in [6, 6.07) is 5.91. The largest absolute Gasteiger partial charge is 0.480 e. The predicted octanol–water partition coefficient (Wildman–Crippen LogP) is 2.44. The van der Waals surface area contributed by atoms with Gasteiger partial charge in [0.1, 0.15) is 5.25 Å². The van der Waals surface area contributed by atoms with Gasteiger partial charge in [-0.05, 0) is 31.5 Å². The average molecular weight is 236 g/mol. The molecular weight excluding hydrogens is 224 g/mol.